The zero-order valence-electron chi connectivity index (χ0n) is 10.5. The molecule has 17 heavy (non-hydrogen) atoms. The minimum absolute atomic E-state index is 0.358. The maximum Gasteiger partial charge on any atom is 0.0174 e. The average molecular weight is 250 g/mol. The Morgan fingerprint density at radius 1 is 1.41 bits per heavy atom. The number of likely N-dealkylation sites (tertiary alicyclic amines) is 1. The lowest BCUT2D eigenvalue weighted by Gasteiger charge is -2.39. The molecule has 2 N–H and O–H groups in total. The summed E-state index contributed by atoms with van der Waals surface area (Å²) < 4.78 is 0. The van der Waals surface area contributed by atoms with E-state index < -0.39 is 0 Å². The van der Waals surface area contributed by atoms with E-state index in [2.05, 4.69) is 29.3 Å². The Kier molecular flexibility index (Phi) is 3.24. The largest absolute Gasteiger partial charge is 0.327 e. The van der Waals surface area contributed by atoms with Gasteiger partial charge in [-0.2, -0.15) is 0 Å². The topological polar surface area (TPSA) is 29.3 Å². The molecule has 94 valence electrons. The summed E-state index contributed by atoms with van der Waals surface area (Å²) in [4.78, 5) is 4.16. The van der Waals surface area contributed by atoms with E-state index in [0.717, 1.165) is 24.9 Å². The maximum atomic E-state index is 6.24. The van der Waals surface area contributed by atoms with Crippen LogP contribution in [0.3, 0.4) is 0 Å². The third-order valence-electron chi connectivity index (χ3n) is 4.34. The summed E-state index contributed by atoms with van der Waals surface area (Å²) in [7, 11) is 0. The number of hydrogen-bond acceptors (Lipinski definition) is 3. The fourth-order valence-corrected chi connectivity index (χ4v) is 3.95. The van der Waals surface area contributed by atoms with Crippen LogP contribution in [0.15, 0.2) is 17.5 Å². The van der Waals surface area contributed by atoms with E-state index in [-0.39, 0.29) is 0 Å². The van der Waals surface area contributed by atoms with Crippen LogP contribution in [0.1, 0.15) is 37.0 Å². The van der Waals surface area contributed by atoms with Gasteiger partial charge in [0.05, 0.1) is 0 Å². The molecule has 0 spiro atoms. The van der Waals surface area contributed by atoms with Gasteiger partial charge in [-0.1, -0.05) is 6.07 Å². The van der Waals surface area contributed by atoms with Crippen molar-refractivity contribution in [1.82, 2.24) is 4.90 Å². The van der Waals surface area contributed by atoms with Gasteiger partial charge >= 0.3 is 0 Å². The monoisotopic (exact) mass is 250 g/mol. The van der Waals surface area contributed by atoms with Crippen molar-refractivity contribution in [2.45, 2.75) is 44.2 Å². The van der Waals surface area contributed by atoms with Crippen LogP contribution in [0, 0.1) is 5.92 Å². The van der Waals surface area contributed by atoms with E-state index in [1.165, 1.54) is 24.3 Å². The van der Waals surface area contributed by atoms with Gasteiger partial charge < -0.3 is 5.73 Å². The molecule has 0 bridgehead atoms. The van der Waals surface area contributed by atoms with Gasteiger partial charge in [-0.3, -0.25) is 4.90 Å². The first-order valence-corrected chi connectivity index (χ1v) is 7.65. The minimum atomic E-state index is 0.358. The second-order valence-electron chi connectivity index (χ2n) is 5.74. The fraction of sp³-hybridized carbons (Fsp3) is 0.714. The highest BCUT2D eigenvalue weighted by molar-refractivity contribution is 7.10. The predicted octanol–water partition coefficient (Wildman–Crippen LogP) is 2.66. The van der Waals surface area contributed by atoms with Gasteiger partial charge in [0.1, 0.15) is 0 Å². The quantitative estimate of drug-likeness (QED) is 0.893. The Hall–Kier alpha value is -0.380. The molecule has 3 unspecified atom stereocenters. The van der Waals surface area contributed by atoms with Gasteiger partial charge in [0.15, 0.2) is 0 Å². The first-order valence-electron chi connectivity index (χ1n) is 6.77. The van der Waals surface area contributed by atoms with Crippen LogP contribution in [0.25, 0.3) is 0 Å². The van der Waals surface area contributed by atoms with Crippen LogP contribution < -0.4 is 5.73 Å². The molecule has 1 aliphatic carbocycles. The number of piperidine rings is 1. The smallest absolute Gasteiger partial charge is 0.0174 e. The van der Waals surface area contributed by atoms with E-state index in [1.54, 1.807) is 0 Å². The molecule has 1 saturated carbocycles. The summed E-state index contributed by atoms with van der Waals surface area (Å²) in [5.74, 6) is 1.62. The van der Waals surface area contributed by atoms with Crippen LogP contribution >= 0.6 is 11.3 Å². The summed E-state index contributed by atoms with van der Waals surface area (Å²) in [6.45, 7) is 4.70. The summed E-state index contributed by atoms with van der Waals surface area (Å²) in [6, 6.07) is 5.53. The number of thiophene rings is 1. The van der Waals surface area contributed by atoms with Gasteiger partial charge in [-0.05, 0) is 43.6 Å². The molecule has 0 aromatic carbocycles. The highest BCUT2D eigenvalue weighted by Crippen LogP contribution is 2.38. The molecular weight excluding hydrogens is 228 g/mol. The molecular formula is C14H22N2S. The normalized spacial score (nSPS) is 32.6. The van der Waals surface area contributed by atoms with Crippen molar-refractivity contribution in [2.24, 2.45) is 11.7 Å². The molecule has 3 rings (SSSR count). The second-order valence-corrected chi connectivity index (χ2v) is 6.72. The first-order chi connectivity index (χ1) is 8.24. The second kappa shape index (κ2) is 4.71. The van der Waals surface area contributed by atoms with Gasteiger partial charge in [-0.25, -0.2) is 0 Å². The lowest BCUT2D eigenvalue weighted by atomic mass is 9.92. The molecule has 3 heteroatoms. The minimum Gasteiger partial charge on any atom is -0.327 e. The zero-order chi connectivity index (χ0) is 11.8. The third kappa shape index (κ3) is 2.56. The maximum absolute atomic E-state index is 6.24. The van der Waals surface area contributed by atoms with E-state index in [9.17, 15) is 0 Å². The van der Waals surface area contributed by atoms with E-state index >= 15 is 0 Å². The van der Waals surface area contributed by atoms with Crippen molar-refractivity contribution in [3.8, 4) is 0 Å². The molecule has 2 nitrogen and oxygen atoms in total. The Morgan fingerprint density at radius 3 is 2.88 bits per heavy atom. The lowest BCUT2D eigenvalue weighted by molar-refractivity contribution is 0.131. The highest BCUT2D eigenvalue weighted by Gasteiger charge is 2.36. The Labute approximate surface area is 108 Å². The van der Waals surface area contributed by atoms with E-state index in [1.807, 2.05) is 11.3 Å². The van der Waals surface area contributed by atoms with E-state index in [4.69, 9.17) is 5.73 Å². The number of rotatable bonds is 3. The summed E-state index contributed by atoms with van der Waals surface area (Å²) >= 11 is 1.89. The molecule has 1 saturated heterocycles. The third-order valence-corrected chi connectivity index (χ3v) is 5.37. The van der Waals surface area contributed by atoms with Crippen LogP contribution in [0.4, 0.5) is 0 Å². The zero-order valence-corrected chi connectivity index (χ0v) is 11.3. The molecule has 1 aromatic rings. The summed E-state index contributed by atoms with van der Waals surface area (Å²) in [5, 5.41) is 2.18. The Morgan fingerprint density at radius 2 is 2.24 bits per heavy atom. The number of hydrogen-bond donors (Lipinski definition) is 1. The summed E-state index contributed by atoms with van der Waals surface area (Å²) in [6.07, 6.45) is 4.02. The standard InChI is InChI=1S/C14H22N2S/c1-10(11-4-5-11)16-8-12(7-13(15)9-16)14-3-2-6-17-14/h2-3,6,10-13H,4-5,7-9,15H2,1H3. The van der Waals surface area contributed by atoms with Crippen molar-refractivity contribution in [3.05, 3.63) is 22.4 Å². The summed E-state index contributed by atoms with van der Waals surface area (Å²) in [5.41, 5.74) is 6.24. The average Bonchev–Trinajstić information content (AvgIpc) is 3.02. The van der Waals surface area contributed by atoms with Crippen LogP contribution in [0.2, 0.25) is 0 Å². The number of nitrogens with two attached hydrogens (primary N) is 1. The van der Waals surface area contributed by atoms with Crippen molar-refractivity contribution < 1.29 is 0 Å². The molecule has 2 heterocycles. The van der Waals surface area contributed by atoms with Crippen LogP contribution in [-0.4, -0.2) is 30.1 Å². The molecule has 2 fully saturated rings. The van der Waals surface area contributed by atoms with Crippen molar-refractivity contribution in [1.29, 1.82) is 0 Å². The molecule has 1 aliphatic heterocycles. The molecule has 3 atom stereocenters. The van der Waals surface area contributed by atoms with Crippen molar-refractivity contribution in [3.63, 3.8) is 0 Å². The van der Waals surface area contributed by atoms with Crippen LogP contribution in [-0.2, 0) is 0 Å². The van der Waals surface area contributed by atoms with Crippen molar-refractivity contribution >= 4 is 11.3 Å². The van der Waals surface area contributed by atoms with Crippen LogP contribution in [0.5, 0.6) is 0 Å². The molecule has 0 radical (unpaired) electrons. The SMILES string of the molecule is CC(C1CC1)N1CC(N)CC(c2cccs2)C1. The lowest BCUT2D eigenvalue weighted by Crippen LogP contribution is -2.50. The van der Waals surface area contributed by atoms with E-state index in [0.29, 0.717) is 12.0 Å². The Balaban J connectivity index is 1.70. The first kappa shape index (κ1) is 11.7. The number of nitrogens with zero attached hydrogens (tertiary/aromatic N) is 1. The van der Waals surface area contributed by atoms with Gasteiger partial charge in [0, 0.05) is 36.0 Å². The molecule has 2 aliphatic rings. The van der Waals surface area contributed by atoms with Crippen molar-refractivity contribution in [2.75, 3.05) is 13.1 Å². The van der Waals surface area contributed by atoms with Gasteiger partial charge in [0.2, 0.25) is 0 Å². The molecule has 0 amide bonds. The fourth-order valence-electron chi connectivity index (χ4n) is 3.11. The molecule has 1 aromatic heterocycles. The Bertz CT molecular complexity index is 358. The van der Waals surface area contributed by atoms with Gasteiger partial charge in [-0.15, -0.1) is 11.3 Å². The highest BCUT2D eigenvalue weighted by atomic mass is 32.1. The van der Waals surface area contributed by atoms with Gasteiger partial charge in [0.25, 0.3) is 0 Å². The predicted molar refractivity (Wildman–Crippen MR) is 73.4 cm³/mol.